The molecule has 0 amide bonds. The Morgan fingerprint density at radius 3 is 2.67 bits per heavy atom. The molecule has 0 bridgehead atoms. The molecule has 0 heterocycles. The molecule has 0 aliphatic rings. The molecule has 0 aliphatic carbocycles. The number of nitrogens with zero attached hydrogens (tertiary/aromatic N) is 1. The normalized spacial score (nSPS) is 15.4. The molecule has 1 unspecified atom stereocenters. The first-order chi connectivity index (χ1) is 5.68. The molecule has 66 valence electrons. The monoisotopic (exact) mass is 163 g/mol. The molecule has 1 nitrogen and oxygen atoms in total. The molecule has 0 saturated carbocycles. The van der Waals surface area contributed by atoms with Crippen LogP contribution in [0.2, 0.25) is 0 Å². The predicted molar refractivity (Wildman–Crippen MR) is 52.6 cm³/mol. The zero-order chi connectivity index (χ0) is 9.45. The average Bonchev–Trinajstić information content (AvgIpc) is 2.06. The van der Waals surface area contributed by atoms with Gasteiger partial charge in [0.25, 0.3) is 0 Å². The van der Waals surface area contributed by atoms with E-state index in [0.29, 0.717) is 0 Å². The predicted octanol–water partition coefficient (Wildman–Crippen LogP) is 3.45. The van der Waals surface area contributed by atoms with Gasteiger partial charge in [-0.15, -0.1) is 6.58 Å². The van der Waals surface area contributed by atoms with Crippen LogP contribution in [-0.2, 0) is 0 Å². The molecule has 12 heavy (non-hydrogen) atoms. The largest absolute Gasteiger partial charge is 0.197 e. The number of hydrogen-bond acceptors (Lipinski definition) is 1. The Bertz CT molecular complexity index is 198. The summed E-state index contributed by atoms with van der Waals surface area (Å²) in [5.74, 6) is 0. The lowest BCUT2D eigenvalue weighted by Crippen LogP contribution is -2.07. The Hall–Kier alpha value is -1.03. The highest BCUT2D eigenvalue weighted by Crippen LogP contribution is 2.22. The number of rotatable bonds is 5. The summed E-state index contributed by atoms with van der Waals surface area (Å²) in [5, 5.41) is 8.87. The first-order valence-corrected chi connectivity index (χ1v) is 4.38. The minimum Gasteiger partial charge on any atom is -0.197 e. The van der Waals surface area contributed by atoms with Crippen molar-refractivity contribution in [1.29, 1.82) is 5.26 Å². The Morgan fingerprint density at radius 2 is 2.25 bits per heavy atom. The van der Waals surface area contributed by atoms with Crippen LogP contribution in [-0.4, -0.2) is 0 Å². The molecule has 0 spiro atoms. The van der Waals surface area contributed by atoms with E-state index in [4.69, 9.17) is 5.26 Å². The summed E-state index contributed by atoms with van der Waals surface area (Å²) in [5.41, 5.74) is -0.350. The standard InChI is InChI=1S/C11H17N/c1-4-6-7-9-11(3,10-12)8-5-2/h5,7,9H,2,4,6,8H2,1,3H3/b9-7+. The van der Waals surface area contributed by atoms with Crippen LogP contribution in [0.5, 0.6) is 0 Å². The fourth-order valence-electron chi connectivity index (χ4n) is 0.961. The molecule has 1 atom stereocenters. The third-order valence-electron chi connectivity index (χ3n) is 1.76. The summed E-state index contributed by atoms with van der Waals surface area (Å²) >= 11 is 0. The van der Waals surface area contributed by atoms with Gasteiger partial charge in [0.05, 0.1) is 11.5 Å². The van der Waals surface area contributed by atoms with E-state index in [1.54, 1.807) is 6.08 Å². The summed E-state index contributed by atoms with van der Waals surface area (Å²) in [6.45, 7) is 7.69. The van der Waals surface area contributed by atoms with Gasteiger partial charge in [-0.2, -0.15) is 5.26 Å². The molecule has 0 aromatic carbocycles. The molecule has 0 fully saturated rings. The summed E-state index contributed by atoms with van der Waals surface area (Å²) in [4.78, 5) is 0. The molecule has 0 aromatic heterocycles. The van der Waals surface area contributed by atoms with Gasteiger partial charge in [0, 0.05) is 0 Å². The van der Waals surface area contributed by atoms with E-state index in [0.717, 1.165) is 19.3 Å². The summed E-state index contributed by atoms with van der Waals surface area (Å²) in [6, 6.07) is 2.28. The molecule has 1 heteroatoms. The lowest BCUT2D eigenvalue weighted by molar-refractivity contribution is 0.576. The van der Waals surface area contributed by atoms with Crippen LogP contribution in [0.15, 0.2) is 24.8 Å². The Labute approximate surface area is 75.4 Å². The molecule has 0 aliphatic heterocycles. The van der Waals surface area contributed by atoms with Gasteiger partial charge in [-0.3, -0.25) is 0 Å². The average molecular weight is 163 g/mol. The SMILES string of the molecule is C=CCC(C)(C#N)/C=C/CCC. The first-order valence-electron chi connectivity index (χ1n) is 4.38. The van der Waals surface area contributed by atoms with Crippen molar-refractivity contribution < 1.29 is 0 Å². The number of nitriles is 1. The Morgan fingerprint density at radius 1 is 1.58 bits per heavy atom. The quantitative estimate of drug-likeness (QED) is 0.569. The van der Waals surface area contributed by atoms with Gasteiger partial charge in [0.15, 0.2) is 0 Å². The third-order valence-corrected chi connectivity index (χ3v) is 1.76. The smallest absolute Gasteiger partial charge is 0.0759 e. The van der Waals surface area contributed by atoms with Gasteiger partial charge in [0.1, 0.15) is 0 Å². The third kappa shape index (κ3) is 3.98. The lowest BCUT2D eigenvalue weighted by Gasteiger charge is -2.13. The van der Waals surface area contributed by atoms with E-state index < -0.39 is 0 Å². The topological polar surface area (TPSA) is 23.8 Å². The van der Waals surface area contributed by atoms with E-state index in [1.165, 1.54) is 0 Å². The fourth-order valence-corrected chi connectivity index (χ4v) is 0.961. The fraction of sp³-hybridized carbons (Fsp3) is 0.545. The van der Waals surface area contributed by atoms with Crippen molar-refractivity contribution in [2.75, 3.05) is 0 Å². The van der Waals surface area contributed by atoms with E-state index in [-0.39, 0.29) is 5.41 Å². The van der Waals surface area contributed by atoms with E-state index in [9.17, 15) is 0 Å². The highest BCUT2D eigenvalue weighted by molar-refractivity contribution is 5.12. The maximum atomic E-state index is 8.87. The van der Waals surface area contributed by atoms with Crippen LogP contribution in [0.4, 0.5) is 0 Å². The lowest BCUT2D eigenvalue weighted by atomic mass is 9.88. The van der Waals surface area contributed by atoms with Gasteiger partial charge < -0.3 is 0 Å². The highest BCUT2D eigenvalue weighted by atomic mass is 14.3. The zero-order valence-electron chi connectivity index (χ0n) is 8.01. The molecular formula is C11H17N. The molecular weight excluding hydrogens is 146 g/mol. The van der Waals surface area contributed by atoms with Gasteiger partial charge in [0.2, 0.25) is 0 Å². The van der Waals surface area contributed by atoms with Crippen LogP contribution < -0.4 is 0 Å². The molecule has 0 N–H and O–H groups in total. The van der Waals surface area contributed by atoms with Crippen LogP contribution in [0, 0.1) is 16.7 Å². The van der Waals surface area contributed by atoms with E-state index in [2.05, 4.69) is 25.6 Å². The zero-order valence-corrected chi connectivity index (χ0v) is 8.01. The van der Waals surface area contributed by atoms with Crippen molar-refractivity contribution >= 4 is 0 Å². The van der Waals surface area contributed by atoms with Crippen molar-refractivity contribution in [3.8, 4) is 6.07 Å². The number of hydrogen-bond donors (Lipinski definition) is 0. The maximum absolute atomic E-state index is 8.87. The summed E-state index contributed by atoms with van der Waals surface area (Å²) in [7, 11) is 0. The minimum atomic E-state index is -0.350. The molecule has 0 rings (SSSR count). The first kappa shape index (κ1) is 11.0. The van der Waals surface area contributed by atoms with Crippen molar-refractivity contribution in [1.82, 2.24) is 0 Å². The second kappa shape index (κ2) is 5.60. The van der Waals surface area contributed by atoms with Gasteiger partial charge >= 0.3 is 0 Å². The highest BCUT2D eigenvalue weighted by Gasteiger charge is 2.16. The summed E-state index contributed by atoms with van der Waals surface area (Å²) < 4.78 is 0. The maximum Gasteiger partial charge on any atom is 0.0759 e. The van der Waals surface area contributed by atoms with Crippen LogP contribution in [0.25, 0.3) is 0 Å². The molecule has 0 aromatic rings. The number of unbranched alkanes of at least 4 members (excludes halogenated alkanes) is 1. The Balaban J connectivity index is 4.14. The molecule has 0 saturated heterocycles. The van der Waals surface area contributed by atoms with Gasteiger partial charge in [-0.1, -0.05) is 31.6 Å². The van der Waals surface area contributed by atoms with Crippen molar-refractivity contribution in [3.05, 3.63) is 24.8 Å². The molecule has 0 radical (unpaired) electrons. The van der Waals surface area contributed by atoms with Crippen LogP contribution >= 0.6 is 0 Å². The van der Waals surface area contributed by atoms with Crippen LogP contribution in [0.3, 0.4) is 0 Å². The van der Waals surface area contributed by atoms with Gasteiger partial charge in [-0.05, 0) is 19.8 Å². The van der Waals surface area contributed by atoms with E-state index >= 15 is 0 Å². The van der Waals surface area contributed by atoms with Gasteiger partial charge in [-0.25, -0.2) is 0 Å². The summed E-state index contributed by atoms with van der Waals surface area (Å²) in [6.07, 6.45) is 8.76. The minimum absolute atomic E-state index is 0.350. The van der Waals surface area contributed by atoms with Crippen LogP contribution in [0.1, 0.15) is 33.1 Å². The second-order valence-corrected chi connectivity index (χ2v) is 3.21. The Kier molecular flexibility index (Phi) is 5.12. The van der Waals surface area contributed by atoms with Crippen molar-refractivity contribution in [3.63, 3.8) is 0 Å². The van der Waals surface area contributed by atoms with Crippen molar-refractivity contribution in [2.24, 2.45) is 5.41 Å². The number of allylic oxidation sites excluding steroid dienone is 3. The van der Waals surface area contributed by atoms with Crippen molar-refractivity contribution in [2.45, 2.75) is 33.1 Å². The second-order valence-electron chi connectivity index (χ2n) is 3.21. The van der Waals surface area contributed by atoms with E-state index in [1.807, 2.05) is 13.0 Å².